The third kappa shape index (κ3) is 4.76. The Morgan fingerprint density at radius 3 is 0.783 bits per heavy atom. The molecule has 0 aromatic heterocycles. The minimum Gasteiger partial charge on any atom is -0.318 e. The maximum Gasteiger partial charge on any atom is -0.00285 e. The van der Waals surface area contributed by atoms with Gasteiger partial charge in [-0.1, -0.05) is 83.1 Å². The van der Waals surface area contributed by atoms with Crippen molar-refractivity contribution >= 4 is 14.1 Å². The van der Waals surface area contributed by atoms with Gasteiger partial charge in [0.1, 0.15) is 0 Å². The summed E-state index contributed by atoms with van der Waals surface area (Å²) >= 11 is 0. The Morgan fingerprint density at radius 1 is 0.478 bits per heavy atom. The molecule has 0 unspecified atom stereocenters. The van der Waals surface area contributed by atoms with Crippen LogP contribution in [0.1, 0.15) is 89.5 Å². The van der Waals surface area contributed by atoms with Crippen LogP contribution in [0.15, 0.2) is 0 Å². The van der Waals surface area contributed by atoms with Crippen LogP contribution in [-0.4, -0.2) is 32.9 Å². The van der Waals surface area contributed by atoms with Crippen LogP contribution in [0, 0.1) is 10.3 Å². The fraction of sp³-hybridized carbons (Fsp3) is 1.00. The van der Waals surface area contributed by atoms with E-state index in [2.05, 4.69) is 83.1 Å². The van der Waals surface area contributed by atoms with E-state index in [0.717, 1.165) is 18.7 Å². The lowest BCUT2D eigenvalue weighted by Gasteiger charge is -2.48. The summed E-state index contributed by atoms with van der Waals surface area (Å²) in [5, 5.41) is 18.8. The van der Waals surface area contributed by atoms with Crippen molar-refractivity contribution in [2.75, 3.05) is 12.3 Å². The summed E-state index contributed by atoms with van der Waals surface area (Å²) in [5.41, 5.74) is 0. The fourth-order valence-electron chi connectivity index (χ4n) is 3.90. The van der Waals surface area contributed by atoms with Crippen molar-refractivity contribution in [1.29, 1.82) is 10.3 Å². The summed E-state index contributed by atoms with van der Waals surface area (Å²) in [6, 6.07) is 0. The average molecular weight is 363 g/mol. The van der Waals surface area contributed by atoms with Gasteiger partial charge in [-0.05, 0) is 53.5 Å². The maximum absolute atomic E-state index is 9.31. The lowest BCUT2D eigenvalue weighted by Crippen LogP contribution is -2.32. The maximum atomic E-state index is 9.31. The van der Waals surface area contributed by atoms with Crippen LogP contribution in [0.25, 0.3) is 0 Å². The van der Waals surface area contributed by atoms with Gasteiger partial charge in [0.05, 0.1) is 0 Å². The van der Waals surface area contributed by atoms with Crippen molar-refractivity contribution in [3.05, 3.63) is 0 Å². The molecule has 0 aromatic carbocycles. The van der Waals surface area contributed by atoms with E-state index in [9.17, 15) is 10.3 Å². The molecule has 0 rings (SSSR count). The molecule has 0 aliphatic rings. The molecule has 4 heteroatoms. The highest BCUT2D eigenvalue weighted by molar-refractivity contribution is 7.69. The third-order valence-electron chi connectivity index (χ3n) is 5.57. The van der Waals surface area contributed by atoms with E-state index in [1.165, 1.54) is 0 Å². The molecule has 0 bridgehead atoms. The highest BCUT2D eigenvalue weighted by Crippen LogP contribution is 2.70. The van der Waals surface area contributed by atoms with Gasteiger partial charge in [0.15, 0.2) is 0 Å². The van der Waals surface area contributed by atoms with Gasteiger partial charge in [0.25, 0.3) is 0 Å². The number of hydrogen-bond donors (Lipinski definition) is 2. The predicted octanol–water partition coefficient (Wildman–Crippen LogP) is 8.13. The monoisotopic (exact) mass is 362 g/mol. The largest absolute Gasteiger partial charge is 0.318 e. The van der Waals surface area contributed by atoms with Crippen LogP contribution in [-0.2, 0) is 0 Å². The summed E-state index contributed by atoms with van der Waals surface area (Å²) in [6.45, 7) is 26.9. The first-order valence-corrected chi connectivity index (χ1v) is 12.9. The molecule has 0 heterocycles. The minimum atomic E-state index is -1.84. The van der Waals surface area contributed by atoms with E-state index in [1.807, 2.05) is 0 Å². The van der Waals surface area contributed by atoms with Gasteiger partial charge in [-0.3, -0.25) is 0 Å². The molecule has 0 atom stereocenters. The standard InChI is InChI=1S/C19H44N2P2/c1-16(2,3)22(20,17(4,5)6)14-13-15-23(21,18(7,8)9)19(10,11)12/h20-21H,13-15H2,1-12H3. The first-order valence-electron chi connectivity index (χ1n) is 8.97. The molecule has 0 fully saturated rings. The van der Waals surface area contributed by atoms with Crippen molar-refractivity contribution in [3.8, 4) is 0 Å². The summed E-state index contributed by atoms with van der Waals surface area (Å²) in [7, 11) is -3.69. The van der Waals surface area contributed by atoms with Crippen LogP contribution in [0.3, 0.4) is 0 Å². The van der Waals surface area contributed by atoms with E-state index in [1.54, 1.807) is 0 Å². The third-order valence-corrected chi connectivity index (χ3v) is 16.7. The molecule has 0 radical (unpaired) electrons. The summed E-state index contributed by atoms with van der Waals surface area (Å²) in [4.78, 5) is 0. The van der Waals surface area contributed by atoms with Crippen LogP contribution in [0.5, 0.6) is 0 Å². The van der Waals surface area contributed by atoms with Crippen LogP contribution < -0.4 is 0 Å². The minimum absolute atomic E-state index is 0.0534. The van der Waals surface area contributed by atoms with Crippen molar-refractivity contribution in [1.82, 2.24) is 0 Å². The Bertz CT molecular complexity index is 409. The topological polar surface area (TPSA) is 47.7 Å². The zero-order valence-electron chi connectivity index (χ0n) is 18.0. The summed E-state index contributed by atoms with van der Waals surface area (Å²) in [6.07, 6.45) is 3.03. The summed E-state index contributed by atoms with van der Waals surface area (Å²) in [5.74, 6) is 0. The van der Waals surface area contributed by atoms with Gasteiger partial charge < -0.3 is 10.3 Å². The van der Waals surface area contributed by atoms with Crippen molar-refractivity contribution in [2.24, 2.45) is 0 Å². The molecule has 0 aromatic rings. The molecule has 0 saturated heterocycles. The lowest BCUT2D eigenvalue weighted by molar-refractivity contribution is 0.675. The first-order chi connectivity index (χ1) is 9.71. The average Bonchev–Trinajstić information content (AvgIpc) is 2.22. The van der Waals surface area contributed by atoms with Crippen LogP contribution in [0.4, 0.5) is 0 Å². The number of hydrogen-bond acceptors (Lipinski definition) is 2. The second-order valence-corrected chi connectivity index (χ2v) is 20.6. The molecule has 0 aliphatic carbocycles. The Hall–Kier alpha value is 0.460. The van der Waals surface area contributed by atoms with E-state index >= 15 is 0 Å². The predicted molar refractivity (Wildman–Crippen MR) is 113 cm³/mol. The molecular formula is C19H44N2P2. The second-order valence-electron chi connectivity index (χ2n) is 11.1. The zero-order chi connectivity index (χ0) is 19.1. The molecule has 0 spiro atoms. The first kappa shape index (κ1) is 23.5. The highest BCUT2D eigenvalue weighted by atomic mass is 31.2. The van der Waals surface area contributed by atoms with Crippen molar-refractivity contribution in [3.63, 3.8) is 0 Å². The molecule has 140 valence electrons. The highest BCUT2D eigenvalue weighted by Gasteiger charge is 2.44. The van der Waals surface area contributed by atoms with Gasteiger partial charge in [-0.15, -0.1) is 0 Å². The molecule has 2 nitrogen and oxygen atoms in total. The van der Waals surface area contributed by atoms with Crippen LogP contribution >= 0.6 is 14.1 Å². The lowest BCUT2D eigenvalue weighted by atomic mass is 10.2. The molecule has 2 N–H and O–H groups in total. The van der Waals surface area contributed by atoms with Crippen molar-refractivity contribution < 1.29 is 0 Å². The Kier molecular flexibility index (Phi) is 6.78. The Labute approximate surface area is 147 Å². The van der Waals surface area contributed by atoms with E-state index in [0.29, 0.717) is 0 Å². The van der Waals surface area contributed by atoms with Gasteiger partial charge >= 0.3 is 0 Å². The Morgan fingerprint density at radius 2 is 0.652 bits per heavy atom. The Balaban J connectivity index is 5.48. The smallest absolute Gasteiger partial charge is 0.00285 e. The van der Waals surface area contributed by atoms with Gasteiger partial charge in [0, 0.05) is 0 Å². The normalized spacial score (nSPS) is 15.8. The number of rotatable bonds is 4. The second kappa shape index (κ2) is 6.64. The summed E-state index contributed by atoms with van der Waals surface area (Å²) < 4.78 is 0. The molecule has 23 heavy (non-hydrogen) atoms. The van der Waals surface area contributed by atoms with Gasteiger partial charge in [-0.2, -0.15) is 0 Å². The molecular weight excluding hydrogens is 318 g/mol. The van der Waals surface area contributed by atoms with Gasteiger partial charge in [0.2, 0.25) is 0 Å². The molecule has 0 amide bonds. The fourth-order valence-corrected chi connectivity index (χ4v) is 12.1. The van der Waals surface area contributed by atoms with E-state index in [4.69, 9.17) is 0 Å². The van der Waals surface area contributed by atoms with Crippen molar-refractivity contribution in [2.45, 2.75) is 110 Å². The quantitative estimate of drug-likeness (QED) is 0.474. The van der Waals surface area contributed by atoms with E-state index in [-0.39, 0.29) is 20.6 Å². The molecule has 0 saturated carbocycles. The number of nitrogens with one attached hydrogen (secondary N) is 2. The van der Waals surface area contributed by atoms with Gasteiger partial charge in [-0.25, -0.2) is 0 Å². The SMILES string of the molecule is CC(C)(C)P(=N)(CCCP(=N)(C(C)(C)C)C(C)(C)C)C(C)(C)C. The van der Waals surface area contributed by atoms with Crippen LogP contribution in [0.2, 0.25) is 0 Å². The zero-order valence-corrected chi connectivity index (χ0v) is 19.8. The van der Waals surface area contributed by atoms with E-state index < -0.39 is 14.1 Å². The molecule has 0 aliphatic heterocycles.